The second-order valence-corrected chi connectivity index (χ2v) is 8.53. The van der Waals surface area contributed by atoms with E-state index < -0.39 is 0 Å². The fourth-order valence-electron chi connectivity index (χ4n) is 3.80. The number of carbonyl (C=O) groups excluding carboxylic acids is 1. The second-order valence-electron chi connectivity index (χ2n) is 8.53. The normalized spacial score (nSPS) is 10.9. The van der Waals surface area contributed by atoms with Crippen molar-refractivity contribution in [1.29, 1.82) is 0 Å². The van der Waals surface area contributed by atoms with Crippen LogP contribution in [-0.2, 0) is 24.3 Å². The number of hydrogen-bond donors (Lipinski definition) is 0. The first-order valence-corrected chi connectivity index (χ1v) is 12.1. The van der Waals surface area contributed by atoms with Gasteiger partial charge in [-0.25, -0.2) is 4.39 Å². The van der Waals surface area contributed by atoms with Gasteiger partial charge >= 0.3 is 0 Å². The van der Waals surface area contributed by atoms with Gasteiger partial charge in [-0.1, -0.05) is 36.4 Å². The van der Waals surface area contributed by atoms with E-state index in [1.54, 1.807) is 48.7 Å². The molecule has 0 saturated heterocycles. The molecule has 0 N–H and O–H groups in total. The number of nitrogens with zero attached hydrogens (tertiary/aromatic N) is 2. The minimum Gasteiger partial charge on any atom is -0.497 e. The number of carbonyl (C=O) groups is 1. The standard InChI is InChI=1S/C31H29FN2O3/c1-36-29-12-7-24(8-13-29)9-14-31(35)34(22-26-15-18-33-19-16-26)23-27-3-2-4-30(21-27)37-20-17-25-5-10-28(32)11-6-25/h2-16,18-19,21H,17,20,22-23H2,1H3/b14-9+. The summed E-state index contributed by atoms with van der Waals surface area (Å²) >= 11 is 0. The molecule has 5 nitrogen and oxygen atoms in total. The maximum absolute atomic E-state index is 13.2. The third kappa shape index (κ3) is 8.04. The van der Waals surface area contributed by atoms with Crippen LogP contribution in [0.25, 0.3) is 6.08 Å². The minimum absolute atomic E-state index is 0.102. The summed E-state index contributed by atoms with van der Waals surface area (Å²) in [4.78, 5) is 19.1. The Kier molecular flexibility index (Phi) is 9.02. The Labute approximate surface area is 216 Å². The van der Waals surface area contributed by atoms with Crippen molar-refractivity contribution in [2.75, 3.05) is 13.7 Å². The number of ether oxygens (including phenoxy) is 2. The van der Waals surface area contributed by atoms with E-state index in [9.17, 15) is 9.18 Å². The molecule has 4 rings (SSSR count). The summed E-state index contributed by atoms with van der Waals surface area (Å²) < 4.78 is 24.2. The number of amides is 1. The summed E-state index contributed by atoms with van der Waals surface area (Å²) in [7, 11) is 1.62. The average Bonchev–Trinajstić information content (AvgIpc) is 2.93. The molecule has 0 fully saturated rings. The number of rotatable bonds is 11. The first-order valence-electron chi connectivity index (χ1n) is 12.1. The summed E-state index contributed by atoms with van der Waals surface area (Å²) in [5.41, 5.74) is 3.87. The fourth-order valence-corrected chi connectivity index (χ4v) is 3.80. The van der Waals surface area contributed by atoms with Gasteiger partial charge in [-0.15, -0.1) is 0 Å². The van der Waals surface area contributed by atoms with Gasteiger partial charge in [0.1, 0.15) is 17.3 Å². The van der Waals surface area contributed by atoms with Crippen molar-refractivity contribution in [2.24, 2.45) is 0 Å². The molecule has 3 aromatic carbocycles. The predicted molar refractivity (Wildman–Crippen MR) is 143 cm³/mol. The molecule has 1 heterocycles. The van der Waals surface area contributed by atoms with Gasteiger partial charge in [0.15, 0.2) is 0 Å². The molecule has 37 heavy (non-hydrogen) atoms. The van der Waals surface area contributed by atoms with Crippen LogP contribution in [0, 0.1) is 5.82 Å². The van der Waals surface area contributed by atoms with Crippen molar-refractivity contribution >= 4 is 12.0 Å². The third-order valence-corrected chi connectivity index (χ3v) is 5.81. The Hall–Kier alpha value is -4.45. The predicted octanol–water partition coefficient (Wildman–Crippen LogP) is 6.09. The summed E-state index contributed by atoms with van der Waals surface area (Å²) in [5, 5.41) is 0. The molecule has 0 aliphatic rings. The zero-order chi connectivity index (χ0) is 25.9. The molecule has 0 aliphatic carbocycles. The maximum atomic E-state index is 13.2. The topological polar surface area (TPSA) is 51.7 Å². The molecular formula is C31H29FN2O3. The first kappa shape index (κ1) is 25.6. The van der Waals surface area contributed by atoms with E-state index in [1.807, 2.05) is 60.7 Å². The lowest BCUT2D eigenvalue weighted by Crippen LogP contribution is -2.28. The van der Waals surface area contributed by atoms with Crippen LogP contribution in [0.4, 0.5) is 4.39 Å². The highest BCUT2D eigenvalue weighted by Gasteiger charge is 2.13. The van der Waals surface area contributed by atoms with Gasteiger partial charge in [-0.2, -0.15) is 0 Å². The zero-order valence-electron chi connectivity index (χ0n) is 20.7. The average molecular weight is 497 g/mol. The minimum atomic E-state index is -0.248. The molecule has 0 atom stereocenters. The highest BCUT2D eigenvalue weighted by atomic mass is 19.1. The molecule has 0 bridgehead atoms. The van der Waals surface area contributed by atoms with E-state index in [1.165, 1.54) is 12.1 Å². The van der Waals surface area contributed by atoms with Gasteiger partial charge in [-0.3, -0.25) is 9.78 Å². The summed E-state index contributed by atoms with van der Waals surface area (Å²) in [5.74, 6) is 1.14. The molecule has 4 aromatic rings. The van der Waals surface area contributed by atoms with Crippen molar-refractivity contribution in [3.05, 3.63) is 131 Å². The lowest BCUT2D eigenvalue weighted by atomic mass is 10.1. The molecule has 0 unspecified atom stereocenters. The van der Waals surface area contributed by atoms with E-state index in [0.29, 0.717) is 26.1 Å². The van der Waals surface area contributed by atoms with Crippen molar-refractivity contribution in [3.8, 4) is 11.5 Å². The van der Waals surface area contributed by atoms with Crippen LogP contribution in [0.3, 0.4) is 0 Å². The highest BCUT2D eigenvalue weighted by Crippen LogP contribution is 2.18. The summed E-state index contributed by atoms with van der Waals surface area (Å²) in [6.45, 7) is 1.34. The first-order chi connectivity index (χ1) is 18.1. The van der Waals surface area contributed by atoms with Gasteiger partial charge in [0, 0.05) is 38.0 Å². The zero-order valence-corrected chi connectivity index (χ0v) is 20.7. The number of benzene rings is 3. The number of aromatic nitrogens is 1. The van der Waals surface area contributed by atoms with Crippen LogP contribution in [0.1, 0.15) is 22.3 Å². The Morgan fingerprint density at radius 2 is 1.59 bits per heavy atom. The van der Waals surface area contributed by atoms with Gasteiger partial charge in [-0.05, 0) is 76.9 Å². The highest BCUT2D eigenvalue weighted by molar-refractivity contribution is 5.91. The summed E-state index contributed by atoms with van der Waals surface area (Å²) in [6.07, 6.45) is 7.51. The van der Waals surface area contributed by atoms with Crippen LogP contribution < -0.4 is 9.47 Å². The van der Waals surface area contributed by atoms with Crippen LogP contribution >= 0.6 is 0 Å². The smallest absolute Gasteiger partial charge is 0.247 e. The molecular weight excluding hydrogens is 467 g/mol. The fraction of sp³-hybridized carbons (Fsp3) is 0.161. The van der Waals surface area contributed by atoms with Gasteiger partial charge in [0.2, 0.25) is 5.91 Å². The third-order valence-electron chi connectivity index (χ3n) is 5.81. The molecule has 1 amide bonds. The molecule has 1 aromatic heterocycles. The molecule has 6 heteroatoms. The molecule has 188 valence electrons. The molecule has 0 spiro atoms. The molecule has 0 aliphatic heterocycles. The van der Waals surface area contributed by atoms with E-state index >= 15 is 0 Å². The van der Waals surface area contributed by atoms with Gasteiger partial charge < -0.3 is 14.4 Å². The van der Waals surface area contributed by atoms with Crippen molar-refractivity contribution in [2.45, 2.75) is 19.5 Å². The SMILES string of the molecule is COc1ccc(/C=C/C(=O)N(Cc2ccncc2)Cc2cccc(OCCc3ccc(F)cc3)c2)cc1. The van der Waals surface area contributed by atoms with E-state index in [-0.39, 0.29) is 11.7 Å². The Bertz CT molecular complexity index is 1310. The Morgan fingerprint density at radius 3 is 2.32 bits per heavy atom. The number of methoxy groups -OCH3 is 1. The van der Waals surface area contributed by atoms with Crippen LogP contribution in [0.2, 0.25) is 0 Å². The Morgan fingerprint density at radius 1 is 0.865 bits per heavy atom. The van der Waals surface area contributed by atoms with Crippen molar-refractivity contribution in [1.82, 2.24) is 9.88 Å². The van der Waals surface area contributed by atoms with Crippen molar-refractivity contribution < 1.29 is 18.7 Å². The monoisotopic (exact) mass is 496 g/mol. The second kappa shape index (κ2) is 13.0. The Balaban J connectivity index is 1.43. The quantitative estimate of drug-likeness (QED) is 0.236. The largest absolute Gasteiger partial charge is 0.497 e. The van der Waals surface area contributed by atoms with Crippen LogP contribution in [-0.4, -0.2) is 29.5 Å². The number of hydrogen-bond acceptors (Lipinski definition) is 4. The number of halogens is 1. The lowest BCUT2D eigenvalue weighted by Gasteiger charge is -2.22. The van der Waals surface area contributed by atoms with Gasteiger partial charge in [0.25, 0.3) is 0 Å². The van der Waals surface area contributed by atoms with Crippen LogP contribution in [0.5, 0.6) is 11.5 Å². The maximum Gasteiger partial charge on any atom is 0.247 e. The number of pyridine rings is 1. The van der Waals surface area contributed by atoms with E-state index in [0.717, 1.165) is 33.8 Å². The van der Waals surface area contributed by atoms with Gasteiger partial charge in [0.05, 0.1) is 13.7 Å². The molecule has 0 radical (unpaired) electrons. The van der Waals surface area contributed by atoms with Crippen molar-refractivity contribution in [3.63, 3.8) is 0 Å². The summed E-state index contributed by atoms with van der Waals surface area (Å²) in [6, 6.07) is 25.5. The van der Waals surface area contributed by atoms with Crippen LogP contribution in [0.15, 0.2) is 103 Å². The van der Waals surface area contributed by atoms with E-state index in [2.05, 4.69) is 4.98 Å². The lowest BCUT2D eigenvalue weighted by molar-refractivity contribution is -0.127. The van der Waals surface area contributed by atoms with E-state index in [4.69, 9.17) is 9.47 Å². The molecule has 0 saturated carbocycles.